The van der Waals surface area contributed by atoms with Gasteiger partial charge in [0.2, 0.25) is 5.91 Å². The molecule has 1 amide bonds. The third-order valence-corrected chi connectivity index (χ3v) is 4.63. The minimum Gasteiger partial charge on any atom is -0.356 e. The molecule has 0 atom stereocenters. The van der Waals surface area contributed by atoms with E-state index in [0.29, 0.717) is 24.3 Å². The number of amides is 1. The molecule has 0 saturated heterocycles. The number of sulfone groups is 1. The maximum Gasteiger partial charge on any atom is 0.219 e. The summed E-state index contributed by atoms with van der Waals surface area (Å²) in [6.07, 6.45) is 2.10. The van der Waals surface area contributed by atoms with E-state index < -0.39 is 9.84 Å². The van der Waals surface area contributed by atoms with Crippen molar-refractivity contribution in [3.63, 3.8) is 0 Å². The summed E-state index contributed by atoms with van der Waals surface area (Å²) in [6.45, 7) is 4.18. The second-order valence-corrected chi connectivity index (χ2v) is 6.68. The fourth-order valence-electron chi connectivity index (χ4n) is 1.69. The maximum absolute atomic E-state index is 11.6. The molecule has 0 aromatic heterocycles. The molecule has 1 aromatic rings. The number of carbonyl (C=O) groups excluding carboxylic acids is 1. The van der Waals surface area contributed by atoms with Gasteiger partial charge in [0.15, 0.2) is 9.84 Å². The number of rotatable bonds is 7. The van der Waals surface area contributed by atoms with E-state index in [4.69, 9.17) is 0 Å². The predicted molar refractivity (Wildman–Crippen MR) is 75.8 cm³/mol. The van der Waals surface area contributed by atoms with Gasteiger partial charge in [-0.15, -0.1) is 0 Å². The quantitative estimate of drug-likeness (QED) is 0.831. The molecule has 0 fully saturated rings. The maximum atomic E-state index is 11.6. The topological polar surface area (TPSA) is 63.2 Å². The van der Waals surface area contributed by atoms with E-state index in [-0.39, 0.29) is 11.7 Å². The van der Waals surface area contributed by atoms with Crippen molar-refractivity contribution in [2.24, 2.45) is 0 Å². The Morgan fingerprint density at radius 3 is 2.32 bits per heavy atom. The Kier molecular flexibility index (Phi) is 6.02. The van der Waals surface area contributed by atoms with E-state index in [1.165, 1.54) is 0 Å². The molecule has 0 radical (unpaired) electrons. The molecule has 0 bridgehead atoms. The van der Waals surface area contributed by atoms with Gasteiger partial charge in [0.25, 0.3) is 0 Å². The smallest absolute Gasteiger partial charge is 0.219 e. The minimum atomic E-state index is -3.13. The van der Waals surface area contributed by atoms with Crippen LogP contribution >= 0.6 is 0 Å². The third kappa shape index (κ3) is 5.03. The highest BCUT2D eigenvalue weighted by atomic mass is 32.2. The third-order valence-electron chi connectivity index (χ3n) is 2.88. The lowest BCUT2D eigenvalue weighted by Crippen LogP contribution is -2.25. The molecule has 0 heterocycles. The highest BCUT2D eigenvalue weighted by Gasteiger charge is 2.10. The summed E-state index contributed by atoms with van der Waals surface area (Å²) >= 11 is 0. The summed E-state index contributed by atoms with van der Waals surface area (Å²) in [5, 5.41) is 2.83. The van der Waals surface area contributed by atoms with Crippen molar-refractivity contribution >= 4 is 15.7 Å². The van der Waals surface area contributed by atoms with Crippen LogP contribution in [0, 0.1) is 0 Å². The molecule has 0 aliphatic carbocycles. The van der Waals surface area contributed by atoms with E-state index in [9.17, 15) is 13.2 Å². The Bertz CT molecular complexity index is 506. The molecular formula is C14H21NO3S. The molecule has 0 aliphatic rings. The summed E-state index contributed by atoms with van der Waals surface area (Å²) in [5.74, 6) is 0.173. The van der Waals surface area contributed by atoms with Gasteiger partial charge >= 0.3 is 0 Å². The molecule has 106 valence electrons. The Morgan fingerprint density at radius 2 is 1.79 bits per heavy atom. The summed E-state index contributed by atoms with van der Waals surface area (Å²) in [6, 6.07) is 6.85. The average molecular weight is 283 g/mol. The highest BCUT2D eigenvalue weighted by molar-refractivity contribution is 7.91. The summed E-state index contributed by atoms with van der Waals surface area (Å²) in [5.41, 5.74) is 1.02. The van der Waals surface area contributed by atoms with Gasteiger partial charge in [-0.25, -0.2) is 8.42 Å². The van der Waals surface area contributed by atoms with Crippen molar-refractivity contribution in [2.75, 3.05) is 12.3 Å². The van der Waals surface area contributed by atoms with Crippen LogP contribution in [0.15, 0.2) is 29.2 Å². The lowest BCUT2D eigenvalue weighted by Gasteiger charge is -2.06. The molecule has 1 rings (SSSR count). The fourth-order valence-corrected chi connectivity index (χ4v) is 2.58. The molecule has 1 aromatic carbocycles. The Hall–Kier alpha value is -1.36. The van der Waals surface area contributed by atoms with Crippen molar-refractivity contribution in [2.45, 2.75) is 38.0 Å². The number of hydrogen-bond acceptors (Lipinski definition) is 3. The van der Waals surface area contributed by atoms with Gasteiger partial charge in [0.1, 0.15) is 0 Å². The monoisotopic (exact) mass is 283 g/mol. The van der Waals surface area contributed by atoms with Crippen LogP contribution in [-0.2, 0) is 21.1 Å². The van der Waals surface area contributed by atoms with Crippen molar-refractivity contribution in [1.82, 2.24) is 5.32 Å². The Morgan fingerprint density at radius 1 is 1.16 bits per heavy atom. The first-order valence-corrected chi connectivity index (χ1v) is 8.23. The zero-order valence-corrected chi connectivity index (χ0v) is 12.3. The van der Waals surface area contributed by atoms with Crippen LogP contribution in [0.2, 0.25) is 0 Å². The second kappa shape index (κ2) is 7.28. The average Bonchev–Trinajstić information content (AvgIpc) is 2.40. The van der Waals surface area contributed by atoms with Crippen LogP contribution < -0.4 is 5.32 Å². The van der Waals surface area contributed by atoms with Crippen LogP contribution in [0.3, 0.4) is 0 Å². The van der Waals surface area contributed by atoms with Gasteiger partial charge in [0, 0.05) is 13.0 Å². The van der Waals surface area contributed by atoms with Gasteiger partial charge in [0.05, 0.1) is 10.6 Å². The normalized spacial score (nSPS) is 11.3. The molecule has 5 heteroatoms. The molecule has 4 nitrogen and oxygen atoms in total. The first-order valence-electron chi connectivity index (χ1n) is 6.58. The van der Waals surface area contributed by atoms with E-state index >= 15 is 0 Å². The highest BCUT2D eigenvalue weighted by Crippen LogP contribution is 2.12. The molecule has 0 saturated carbocycles. The Balaban J connectivity index is 2.52. The minimum absolute atomic E-state index is 0.0627. The summed E-state index contributed by atoms with van der Waals surface area (Å²) in [7, 11) is -3.13. The van der Waals surface area contributed by atoms with Crippen molar-refractivity contribution < 1.29 is 13.2 Å². The first-order chi connectivity index (χ1) is 8.99. The number of hydrogen-bond donors (Lipinski definition) is 1. The number of carbonyl (C=O) groups is 1. The van der Waals surface area contributed by atoms with E-state index in [2.05, 4.69) is 5.32 Å². The summed E-state index contributed by atoms with van der Waals surface area (Å²) in [4.78, 5) is 11.6. The van der Waals surface area contributed by atoms with Crippen LogP contribution in [0.5, 0.6) is 0 Å². The predicted octanol–water partition coefficient (Wildman–Crippen LogP) is 1.94. The first kappa shape index (κ1) is 15.7. The Labute approximate surface area is 115 Å². The van der Waals surface area contributed by atoms with Gasteiger partial charge in [-0.05, 0) is 30.5 Å². The van der Waals surface area contributed by atoms with Crippen LogP contribution in [0.1, 0.15) is 32.3 Å². The van der Waals surface area contributed by atoms with Crippen LogP contribution in [0.25, 0.3) is 0 Å². The molecular weight excluding hydrogens is 262 g/mol. The zero-order valence-electron chi connectivity index (χ0n) is 11.5. The van der Waals surface area contributed by atoms with Crippen LogP contribution in [-0.4, -0.2) is 26.6 Å². The van der Waals surface area contributed by atoms with Crippen LogP contribution in [0.4, 0.5) is 0 Å². The zero-order chi connectivity index (χ0) is 14.3. The number of nitrogens with one attached hydrogen (secondary N) is 1. The fraction of sp³-hybridized carbons (Fsp3) is 0.500. The second-order valence-electron chi connectivity index (χ2n) is 4.40. The molecule has 19 heavy (non-hydrogen) atoms. The van der Waals surface area contributed by atoms with Gasteiger partial charge in [-0.3, -0.25) is 4.79 Å². The summed E-state index contributed by atoms with van der Waals surface area (Å²) < 4.78 is 23.3. The van der Waals surface area contributed by atoms with Gasteiger partial charge < -0.3 is 5.32 Å². The lowest BCUT2D eigenvalue weighted by atomic mass is 10.1. The lowest BCUT2D eigenvalue weighted by molar-refractivity contribution is -0.121. The van der Waals surface area contributed by atoms with Crippen molar-refractivity contribution in [3.8, 4) is 0 Å². The van der Waals surface area contributed by atoms with Gasteiger partial charge in [-0.1, -0.05) is 26.0 Å². The van der Waals surface area contributed by atoms with Gasteiger partial charge in [-0.2, -0.15) is 0 Å². The van der Waals surface area contributed by atoms with E-state index in [0.717, 1.165) is 12.0 Å². The van der Waals surface area contributed by atoms with E-state index in [1.807, 2.05) is 6.92 Å². The number of benzene rings is 1. The molecule has 0 aliphatic heterocycles. The molecule has 1 N–H and O–H groups in total. The standard InChI is InChI=1S/C14H21NO3S/c1-3-5-14(16)15-11-10-12-6-8-13(9-7-12)19(17,18)4-2/h6-9H,3-5,10-11H2,1-2H3,(H,15,16). The van der Waals surface area contributed by atoms with Crippen molar-refractivity contribution in [3.05, 3.63) is 29.8 Å². The van der Waals surface area contributed by atoms with E-state index in [1.54, 1.807) is 31.2 Å². The van der Waals surface area contributed by atoms with Crippen molar-refractivity contribution in [1.29, 1.82) is 0 Å². The largest absolute Gasteiger partial charge is 0.356 e. The SMILES string of the molecule is CCCC(=O)NCCc1ccc(S(=O)(=O)CC)cc1. The molecule has 0 spiro atoms. The molecule has 0 unspecified atom stereocenters.